The zero-order valence-electron chi connectivity index (χ0n) is 13.9. The molecule has 1 atom stereocenters. The molecule has 0 aromatic heterocycles. The van der Waals surface area contributed by atoms with Crippen LogP contribution in [0.1, 0.15) is 22.7 Å². The van der Waals surface area contributed by atoms with Gasteiger partial charge in [-0.1, -0.05) is 30.3 Å². The maximum absolute atomic E-state index is 12.5. The Labute approximate surface area is 149 Å². The Morgan fingerprint density at radius 1 is 1.12 bits per heavy atom. The van der Waals surface area contributed by atoms with Crippen LogP contribution in [-0.4, -0.2) is 22.1 Å². The highest BCUT2D eigenvalue weighted by Gasteiger charge is 2.18. The molecule has 24 heavy (non-hydrogen) atoms. The lowest BCUT2D eigenvalue weighted by Crippen LogP contribution is -2.32. The number of rotatable bonds is 6. The average Bonchev–Trinajstić information content (AvgIpc) is 2.53. The molecule has 0 amide bonds. The van der Waals surface area contributed by atoms with Gasteiger partial charge in [-0.2, -0.15) is 0 Å². The van der Waals surface area contributed by atoms with Gasteiger partial charge < -0.3 is 10.5 Å². The van der Waals surface area contributed by atoms with E-state index < -0.39 is 16.1 Å². The van der Waals surface area contributed by atoms with E-state index in [0.29, 0.717) is 5.75 Å². The molecule has 0 aliphatic heterocycles. The smallest absolute Gasteiger partial charge is 0.240 e. The first-order chi connectivity index (χ1) is 10.8. The molecule has 132 valence electrons. The number of halogens is 1. The first-order valence-corrected chi connectivity index (χ1v) is 8.79. The lowest BCUT2D eigenvalue weighted by molar-refractivity contribution is 0.408. The average molecular weight is 371 g/mol. The van der Waals surface area contributed by atoms with E-state index in [0.717, 1.165) is 16.7 Å². The number of methoxy groups -OCH3 is 1. The van der Waals surface area contributed by atoms with Gasteiger partial charge in [-0.05, 0) is 42.7 Å². The number of hydrogen-bond donors (Lipinski definition) is 2. The van der Waals surface area contributed by atoms with Crippen LogP contribution in [0.2, 0.25) is 0 Å². The molecule has 0 heterocycles. The van der Waals surface area contributed by atoms with Gasteiger partial charge in [-0.3, -0.25) is 0 Å². The second-order valence-corrected chi connectivity index (χ2v) is 7.23. The highest BCUT2D eigenvalue weighted by atomic mass is 35.5. The first kappa shape index (κ1) is 20.4. The normalized spacial score (nSPS) is 12.3. The first-order valence-electron chi connectivity index (χ1n) is 7.30. The number of nitrogens with one attached hydrogen (secondary N) is 1. The summed E-state index contributed by atoms with van der Waals surface area (Å²) in [5.74, 6) is 0.699. The Balaban J connectivity index is 0.00000288. The number of nitrogens with two attached hydrogens (primary N) is 1. The zero-order chi connectivity index (χ0) is 17.0. The summed E-state index contributed by atoms with van der Waals surface area (Å²) in [5.41, 5.74) is 8.48. The van der Waals surface area contributed by atoms with Gasteiger partial charge in [0.15, 0.2) is 0 Å². The Morgan fingerprint density at radius 3 is 2.17 bits per heavy atom. The van der Waals surface area contributed by atoms with Gasteiger partial charge >= 0.3 is 0 Å². The van der Waals surface area contributed by atoms with Crippen molar-refractivity contribution in [2.45, 2.75) is 24.8 Å². The van der Waals surface area contributed by atoms with Crippen molar-refractivity contribution in [2.75, 3.05) is 13.7 Å². The molecule has 0 aliphatic rings. The summed E-state index contributed by atoms with van der Waals surface area (Å²) in [4.78, 5) is 0.216. The summed E-state index contributed by atoms with van der Waals surface area (Å²) in [6, 6.07) is 12.2. The molecule has 7 heteroatoms. The van der Waals surface area contributed by atoms with Crippen LogP contribution >= 0.6 is 12.4 Å². The zero-order valence-corrected chi connectivity index (χ0v) is 15.6. The molecule has 0 saturated heterocycles. The van der Waals surface area contributed by atoms with E-state index in [4.69, 9.17) is 10.5 Å². The molecular weight excluding hydrogens is 348 g/mol. The number of ether oxygens (including phenoxy) is 1. The molecule has 3 N–H and O–H groups in total. The fourth-order valence-corrected chi connectivity index (χ4v) is 3.72. The fraction of sp³-hybridized carbons (Fsp3) is 0.294. The van der Waals surface area contributed by atoms with Crippen molar-refractivity contribution in [3.05, 3.63) is 59.2 Å². The van der Waals surface area contributed by atoms with Gasteiger partial charge in [0.1, 0.15) is 5.75 Å². The van der Waals surface area contributed by atoms with E-state index in [2.05, 4.69) is 4.72 Å². The largest absolute Gasteiger partial charge is 0.496 e. The quantitative estimate of drug-likeness (QED) is 0.819. The van der Waals surface area contributed by atoms with Gasteiger partial charge in [-0.15, -0.1) is 12.4 Å². The van der Waals surface area contributed by atoms with Crippen molar-refractivity contribution >= 4 is 22.4 Å². The summed E-state index contributed by atoms with van der Waals surface area (Å²) in [6.07, 6.45) is 0. The second kappa shape index (κ2) is 8.48. The van der Waals surface area contributed by atoms with Crippen LogP contribution in [0.25, 0.3) is 0 Å². The lowest BCUT2D eigenvalue weighted by Gasteiger charge is -2.15. The van der Waals surface area contributed by atoms with Crippen LogP contribution in [0.5, 0.6) is 5.75 Å². The third-order valence-corrected chi connectivity index (χ3v) is 5.07. The number of hydrogen-bond acceptors (Lipinski definition) is 4. The van der Waals surface area contributed by atoms with Crippen LogP contribution < -0.4 is 15.2 Å². The highest BCUT2D eigenvalue weighted by molar-refractivity contribution is 7.89. The van der Waals surface area contributed by atoms with Crippen LogP contribution in [0.4, 0.5) is 0 Å². The Kier molecular flexibility index (Phi) is 7.23. The highest BCUT2D eigenvalue weighted by Crippen LogP contribution is 2.26. The van der Waals surface area contributed by atoms with Crippen molar-refractivity contribution in [3.63, 3.8) is 0 Å². The number of sulfonamides is 1. The lowest BCUT2D eigenvalue weighted by atomic mass is 10.1. The molecule has 0 saturated carbocycles. The maximum Gasteiger partial charge on any atom is 0.240 e. The van der Waals surface area contributed by atoms with Crippen molar-refractivity contribution in [1.82, 2.24) is 4.72 Å². The third kappa shape index (κ3) is 4.70. The van der Waals surface area contributed by atoms with Crippen molar-refractivity contribution in [3.8, 4) is 5.75 Å². The molecular formula is C17H23ClN2O3S. The van der Waals surface area contributed by atoms with Crippen LogP contribution in [0.3, 0.4) is 0 Å². The number of aryl methyl sites for hydroxylation is 2. The van der Waals surface area contributed by atoms with Crippen LogP contribution in [0.15, 0.2) is 47.4 Å². The fourth-order valence-electron chi connectivity index (χ4n) is 2.49. The van der Waals surface area contributed by atoms with Crippen LogP contribution in [0, 0.1) is 13.8 Å². The van der Waals surface area contributed by atoms with Crippen molar-refractivity contribution < 1.29 is 13.2 Å². The molecule has 0 aliphatic carbocycles. The summed E-state index contributed by atoms with van der Waals surface area (Å²) >= 11 is 0. The molecule has 0 spiro atoms. The minimum atomic E-state index is -3.62. The Hall–Kier alpha value is -1.60. The third-order valence-electron chi connectivity index (χ3n) is 3.67. The minimum Gasteiger partial charge on any atom is -0.496 e. The molecule has 5 nitrogen and oxygen atoms in total. The van der Waals surface area contributed by atoms with E-state index in [1.54, 1.807) is 19.2 Å². The van der Waals surface area contributed by atoms with E-state index in [-0.39, 0.29) is 23.8 Å². The molecule has 0 bridgehead atoms. The number of benzene rings is 2. The molecule has 2 rings (SSSR count). The van der Waals surface area contributed by atoms with Crippen LogP contribution in [-0.2, 0) is 10.0 Å². The SMILES string of the molecule is COc1c(C)cc(S(=O)(=O)NCC(N)c2ccccc2)cc1C.Cl. The summed E-state index contributed by atoms with van der Waals surface area (Å²) in [5, 5.41) is 0. The second-order valence-electron chi connectivity index (χ2n) is 5.46. The minimum absolute atomic E-state index is 0. The Morgan fingerprint density at radius 2 is 1.67 bits per heavy atom. The maximum atomic E-state index is 12.5. The summed E-state index contributed by atoms with van der Waals surface area (Å²) in [6.45, 7) is 3.78. The summed E-state index contributed by atoms with van der Waals surface area (Å²) < 4.78 is 32.8. The topological polar surface area (TPSA) is 81.4 Å². The van der Waals surface area contributed by atoms with E-state index >= 15 is 0 Å². The monoisotopic (exact) mass is 370 g/mol. The van der Waals surface area contributed by atoms with Gasteiger partial charge in [0.05, 0.1) is 12.0 Å². The van der Waals surface area contributed by atoms with Crippen molar-refractivity contribution in [2.24, 2.45) is 5.73 Å². The van der Waals surface area contributed by atoms with E-state index in [1.165, 1.54) is 0 Å². The molecule has 2 aromatic carbocycles. The molecule has 0 radical (unpaired) electrons. The summed E-state index contributed by atoms with van der Waals surface area (Å²) in [7, 11) is -2.05. The van der Waals surface area contributed by atoms with E-state index in [9.17, 15) is 8.42 Å². The van der Waals surface area contributed by atoms with E-state index in [1.807, 2.05) is 44.2 Å². The predicted molar refractivity (Wildman–Crippen MR) is 98.3 cm³/mol. The van der Waals surface area contributed by atoms with Crippen molar-refractivity contribution in [1.29, 1.82) is 0 Å². The molecule has 1 unspecified atom stereocenters. The predicted octanol–water partition coefficient (Wildman–Crippen LogP) is 2.71. The van der Waals surface area contributed by atoms with Gasteiger partial charge in [0, 0.05) is 12.6 Å². The Bertz CT molecular complexity index is 757. The standard InChI is InChI=1S/C17H22N2O3S.ClH/c1-12-9-15(10-13(2)17(12)22-3)23(20,21)19-11-16(18)14-7-5-4-6-8-14;/h4-10,16,19H,11,18H2,1-3H3;1H. The van der Waals surface area contributed by atoms with Gasteiger partial charge in [0.2, 0.25) is 10.0 Å². The van der Waals surface area contributed by atoms with Gasteiger partial charge in [-0.25, -0.2) is 13.1 Å². The van der Waals surface area contributed by atoms with Gasteiger partial charge in [0.25, 0.3) is 0 Å². The molecule has 0 fully saturated rings. The molecule has 2 aromatic rings.